The molecule has 0 aromatic carbocycles. The molecule has 0 aliphatic heterocycles. The normalized spacial score (nSPS) is 11.3. The number of hydrogen-bond acceptors (Lipinski definition) is 7. The second-order valence-corrected chi connectivity index (χ2v) is 6.46. The fraction of sp³-hybridized carbons (Fsp3) is 0.200. The van der Waals surface area contributed by atoms with Crippen LogP contribution in [0.25, 0.3) is 0 Å². The van der Waals surface area contributed by atoms with E-state index in [1.54, 1.807) is 29.6 Å². The largest absolute Gasteiger partial charge is 0.618 e. The van der Waals surface area contributed by atoms with Crippen LogP contribution in [0.1, 0.15) is 12.5 Å². The van der Waals surface area contributed by atoms with E-state index < -0.39 is 18.0 Å². The number of ether oxygens (including phenoxy) is 1. The molecule has 0 unspecified atom stereocenters. The first kappa shape index (κ1) is 17.8. The maximum atomic E-state index is 12.0. The van der Waals surface area contributed by atoms with Crippen molar-refractivity contribution in [2.75, 3.05) is 11.1 Å². The third kappa shape index (κ3) is 4.71. The number of esters is 1. The highest BCUT2D eigenvalue weighted by Gasteiger charge is 2.20. The number of thioether (sulfide) groups is 1. The van der Waals surface area contributed by atoms with Crippen molar-refractivity contribution in [2.24, 2.45) is 0 Å². The van der Waals surface area contributed by atoms with Gasteiger partial charge in [-0.25, -0.2) is 0 Å². The summed E-state index contributed by atoms with van der Waals surface area (Å²) in [4.78, 5) is 23.8. The van der Waals surface area contributed by atoms with Gasteiger partial charge in [0.1, 0.15) is 16.8 Å². The van der Waals surface area contributed by atoms with Gasteiger partial charge in [0, 0.05) is 12.1 Å². The first-order chi connectivity index (χ1) is 11.5. The zero-order valence-electron chi connectivity index (χ0n) is 12.6. The Kier molecular flexibility index (Phi) is 6.17. The highest BCUT2D eigenvalue weighted by Crippen LogP contribution is 2.22. The summed E-state index contributed by atoms with van der Waals surface area (Å²) in [7, 11) is 0. The van der Waals surface area contributed by atoms with Crippen molar-refractivity contribution in [3.63, 3.8) is 0 Å². The number of thiophene rings is 1. The van der Waals surface area contributed by atoms with Crippen molar-refractivity contribution in [1.29, 1.82) is 5.26 Å². The van der Waals surface area contributed by atoms with Crippen LogP contribution in [0, 0.1) is 16.5 Å². The van der Waals surface area contributed by atoms with Crippen LogP contribution in [0.15, 0.2) is 40.9 Å². The van der Waals surface area contributed by atoms with E-state index in [2.05, 4.69) is 5.32 Å². The number of nitrogens with zero attached hydrogens (tertiary/aromatic N) is 2. The molecule has 0 aliphatic carbocycles. The van der Waals surface area contributed by atoms with Crippen LogP contribution in [0.2, 0.25) is 0 Å². The second-order valence-electron chi connectivity index (χ2n) is 4.55. The molecule has 2 rings (SSSR count). The highest BCUT2D eigenvalue weighted by molar-refractivity contribution is 7.99. The van der Waals surface area contributed by atoms with Crippen LogP contribution in [0.4, 0.5) is 5.00 Å². The van der Waals surface area contributed by atoms with E-state index in [1.165, 1.54) is 24.5 Å². The van der Waals surface area contributed by atoms with E-state index in [9.17, 15) is 14.8 Å². The molecule has 0 aliphatic rings. The van der Waals surface area contributed by atoms with E-state index in [0.29, 0.717) is 20.3 Å². The molecular formula is C15H13N3O4S2. The van der Waals surface area contributed by atoms with E-state index in [4.69, 9.17) is 10.00 Å². The number of amides is 1. The Balaban J connectivity index is 1.84. The number of carbonyl (C=O) groups excluding carboxylic acids is 2. The summed E-state index contributed by atoms with van der Waals surface area (Å²) in [5, 5.41) is 25.4. The Bertz CT molecular complexity index is 785. The summed E-state index contributed by atoms with van der Waals surface area (Å²) < 4.78 is 5.68. The monoisotopic (exact) mass is 363 g/mol. The fourth-order valence-electron chi connectivity index (χ4n) is 1.65. The molecule has 9 heteroatoms. The van der Waals surface area contributed by atoms with Gasteiger partial charge in [0.2, 0.25) is 0 Å². The molecule has 2 heterocycles. The van der Waals surface area contributed by atoms with Crippen LogP contribution < -0.4 is 10.0 Å². The Morgan fingerprint density at radius 1 is 1.50 bits per heavy atom. The number of carbonyl (C=O) groups is 2. The summed E-state index contributed by atoms with van der Waals surface area (Å²) in [6.07, 6.45) is 0.319. The average Bonchev–Trinajstić information content (AvgIpc) is 3.01. The van der Waals surface area contributed by atoms with Crippen molar-refractivity contribution in [2.45, 2.75) is 18.1 Å². The minimum Gasteiger partial charge on any atom is -0.618 e. The summed E-state index contributed by atoms with van der Waals surface area (Å²) in [6.45, 7) is 1.44. The van der Waals surface area contributed by atoms with Gasteiger partial charge in [-0.15, -0.1) is 11.3 Å². The predicted molar refractivity (Wildman–Crippen MR) is 89.3 cm³/mol. The maximum Gasteiger partial charge on any atom is 0.317 e. The first-order valence-corrected chi connectivity index (χ1v) is 8.66. The van der Waals surface area contributed by atoms with Gasteiger partial charge in [-0.2, -0.15) is 9.99 Å². The van der Waals surface area contributed by atoms with Gasteiger partial charge >= 0.3 is 5.97 Å². The lowest BCUT2D eigenvalue weighted by Crippen LogP contribution is -2.31. The van der Waals surface area contributed by atoms with Crippen molar-refractivity contribution in [3.05, 3.63) is 46.6 Å². The van der Waals surface area contributed by atoms with Crippen LogP contribution in [-0.2, 0) is 14.3 Å². The lowest BCUT2D eigenvalue weighted by atomic mass is 10.3. The van der Waals surface area contributed by atoms with Crippen molar-refractivity contribution in [3.8, 4) is 6.07 Å². The molecule has 0 saturated heterocycles. The highest BCUT2D eigenvalue weighted by atomic mass is 32.2. The van der Waals surface area contributed by atoms with Crippen LogP contribution in [0.3, 0.4) is 0 Å². The molecule has 1 amide bonds. The van der Waals surface area contributed by atoms with Gasteiger partial charge in [0.15, 0.2) is 12.3 Å². The summed E-state index contributed by atoms with van der Waals surface area (Å²) in [5.74, 6) is -1.23. The van der Waals surface area contributed by atoms with Crippen LogP contribution >= 0.6 is 23.1 Å². The molecule has 0 saturated carbocycles. The Hall–Kier alpha value is -2.57. The Morgan fingerprint density at radius 2 is 2.29 bits per heavy atom. The number of aromatic nitrogens is 1. The molecular weight excluding hydrogens is 350 g/mol. The molecule has 0 fully saturated rings. The average molecular weight is 363 g/mol. The van der Waals surface area contributed by atoms with Gasteiger partial charge < -0.3 is 15.3 Å². The Morgan fingerprint density at radius 3 is 3.00 bits per heavy atom. The first-order valence-electron chi connectivity index (χ1n) is 6.80. The smallest absolute Gasteiger partial charge is 0.317 e. The molecule has 0 bridgehead atoms. The quantitative estimate of drug-likeness (QED) is 0.364. The van der Waals surface area contributed by atoms with Gasteiger partial charge in [-0.05, 0) is 36.2 Å². The topological polar surface area (TPSA) is 106 Å². The van der Waals surface area contributed by atoms with Crippen molar-refractivity contribution < 1.29 is 19.1 Å². The number of pyridine rings is 1. The third-order valence-corrected chi connectivity index (χ3v) is 4.65. The van der Waals surface area contributed by atoms with Crippen molar-refractivity contribution >= 4 is 40.0 Å². The Labute approximate surface area is 146 Å². The molecule has 1 N–H and O–H groups in total. The van der Waals surface area contributed by atoms with Crippen LogP contribution in [0.5, 0.6) is 0 Å². The lowest BCUT2D eigenvalue weighted by molar-refractivity contribution is -0.645. The standard InChI is InChI=1S/C15H13N3O4S2/c1-10(14(20)17-15-11(8-16)5-7-23-15)22-13(19)9-24-12-4-2-3-6-18(12)21/h2-7,10H,9H2,1H3,(H,17,20)/t10-/m1/s1. The second kappa shape index (κ2) is 8.33. The number of nitriles is 1. The van der Waals surface area contributed by atoms with Gasteiger partial charge in [0.05, 0.1) is 5.56 Å². The van der Waals surface area contributed by atoms with Crippen LogP contribution in [-0.4, -0.2) is 23.7 Å². The number of rotatable bonds is 6. The molecule has 24 heavy (non-hydrogen) atoms. The molecule has 0 radical (unpaired) electrons. The minimum atomic E-state index is -1.01. The SMILES string of the molecule is C[C@@H](OC(=O)CSc1cccc[n+]1[O-])C(=O)Nc1sccc1C#N. The number of hydrogen-bond donors (Lipinski definition) is 1. The molecule has 124 valence electrons. The summed E-state index contributed by atoms with van der Waals surface area (Å²) in [6, 6.07) is 8.40. The van der Waals surface area contributed by atoms with Gasteiger partial charge in [0.25, 0.3) is 10.9 Å². The summed E-state index contributed by atoms with van der Waals surface area (Å²) >= 11 is 2.23. The summed E-state index contributed by atoms with van der Waals surface area (Å²) in [5.41, 5.74) is 0.353. The molecule has 2 aromatic heterocycles. The number of nitrogens with one attached hydrogen (secondary N) is 1. The van der Waals surface area contributed by atoms with E-state index in [-0.39, 0.29) is 5.75 Å². The van der Waals surface area contributed by atoms with Crippen molar-refractivity contribution in [1.82, 2.24) is 0 Å². The lowest BCUT2D eigenvalue weighted by Gasteiger charge is -2.12. The maximum absolute atomic E-state index is 12.0. The van der Waals surface area contributed by atoms with E-state index >= 15 is 0 Å². The zero-order chi connectivity index (χ0) is 17.5. The fourth-order valence-corrected chi connectivity index (χ4v) is 3.09. The minimum absolute atomic E-state index is 0.0910. The van der Waals surface area contributed by atoms with E-state index in [1.807, 2.05) is 6.07 Å². The van der Waals surface area contributed by atoms with Gasteiger partial charge in [-0.1, -0.05) is 0 Å². The molecule has 7 nitrogen and oxygen atoms in total. The molecule has 1 atom stereocenters. The van der Waals surface area contributed by atoms with E-state index in [0.717, 1.165) is 11.8 Å². The third-order valence-electron chi connectivity index (χ3n) is 2.83. The number of anilines is 1. The molecule has 2 aromatic rings. The predicted octanol–water partition coefficient (Wildman–Crippen LogP) is 1.92. The molecule has 0 spiro atoms. The van der Waals surface area contributed by atoms with Gasteiger partial charge in [-0.3, -0.25) is 9.59 Å². The zero-order valence-corrected chi connectivity index (χ0v) is 14.2.